The van der Waals surface area contributed by atoms with Gasteiger partial charge in [-0.15, -0.1) is 0 Å². The molecule has 1 aliphatic rings. The van der Waals surface area contributed by atoms with Crippen LogP contribution < -0.4 is 5.32 Å². The molecule has 0 spiro atoms. The van der Waals surface area contributed by atoms with Gasteiger partial charge >= 0.3 is 0 Å². The summed E-state index contributed by atoms with van der Waals surface area (Å²) >= 11 is 0. The third-order valence-corrected chi connectivity index (χ3v) is 3.20. The first-order valence-corrected chi connectivity index (χ1v) is 5.11. The second-order valence-corrected chi connectivity index (χ2v) is 4.41. The van der Waals surface area contributed by atoms with Crippen LogP contribution in [0.15, 0.2) is 24.3 Å². The van der Waals surface area contributed by atoms with Gasteiger partial charge in [0.15, 0.2) is 0 Å². The van der Waals surface area contributed by atoms with E-state index in [-0.39, 0.29) is 12.8 Å². The van der Waals surface area contributed by atoms with Crippen molar-refractivity contribution >= 4 is 0 Å². The fourth-order valence-corrected chi connectivity index (χ4v) is 2.23. The van der Waals surface area contributed by atoms with Crippen LogP contribution >= 0.6 is 0 Å². The lowest BCUT2D eigenvalue weighted by Gasteiger charge is -2.47. The van der Waals surface area contributed by atoms with Crippen LogP contribution in [0.1, 0.15) is 24.0 Å². The summed E-state index contributed by atoms with van der Waals surface area (Å²) in [5.41, 5.74) is 1.59. The summed E-state index contributed by atoms with van der Waals surface area (Å²) in [5, 5.41) is 3.03. The van der Waals surface area contributed by atoms with Gasteiger partial charge in [0.1, 0.15) is 0 Å². The molecule has 1 aromatic rings. The Morgan fingerprint density at radius 1 is 1.13 bits per heavy atom. The van der Waals surface area contributed by atoms with Gasteiger partial charge in [-0.3, -0.25) is 0 Å². The van der Waals surface area contributed by atoms with E-state index in [4.69, 9.17) is 0 Å². The summed E-state index contributed by atoms with van der Waals surface area (Å²) in [7, 11) is 1.75. The highest BCUT2D eigenvalue weighted by Crippen LogP contribution is 2.51. The van der Waals surface area contributed by atoms with E-state index in [1.165, 1.54) is 0 Å². The molecule has 2 rings (SSSR count). The van der Waals surface area contributed by atoms with Gasteiger partial charge in [0.2, 0.25) is 0 Å². The average Bonchev–Trinajstić information content (AvgIpc) is 2.14. The topological polar surface area (TPSA) is 12.0 Å². The summed E-state index contributed by atoms with van der Waals surface area (Å²) in [5.74, 6) is -2.51. The van der Waals surface area contributed by atoms with Crippen molar-refractivity contribution in [3.63, 3.8) is 0 Å². The Bertz CT molecular complexity index is 348. The molecular formula is C12H15F2N. The zero-order valence-corrected chi connectivity index (χ0v) is 8.98. The SMILES string of the molecule is CNC1(c2ccc(C)cc2)CC(F)(F)C1. The van der Waals surface area contributed by atoms with Crippen molar-refractivity contribution in [2.45, 2.75) is 31.2 Å². The third kappa shape index (κ3) is 1.76. The quantitative estimate of drug-likeness (QED) is 0.793. The summed E-state index contributed by atoms with van der Waals surface area (Å²) in [6, 6.07) is 7.79. The molecule has 0 heterocycles. The minimum atomic E-state index is -2.51. The third-order valence-electron chi connectivity index (χ3n) is 3.20. The normalized spacial score (nSPS) is 22.1. The first kappa shape index (κ1) is 10.6. The molecule has 1 aliphatic carbocycles. The lowest BCUT2D eigenvalue weighted by Crippen LogP contribution is -2.57. The molecule has 0 amide bonds. The van der Waals surface area contributed by atoms with Crippen molar-refractivity contribution in [2.24, 2.45) is 0 Å². The molecule has 3 heteroatoms. The van der Waals surface area contributed by atoms with Crippen molar-refractivity contribution in [2.75, 3.05) is 7.05 Å². The maximum Gasteiger partial charge on any atom is 0.252 e. The van der Waals surface area contributed by atoms with Crippen LogP contribution in [0.3, 0.4) is 0 Å². The van der Waals surface area contributed by atoms with Gasteiger partial charge in [0.25, 0.3) is 5.92 Å². The van der Waals surface area contributed by atoms with Crippen LogP contribution in [0.2, 0.25) is 0 Å². The van der Waals surface area contributed by atoms with Gasteiger partial charge in [-0.05, 0) is 19.5 Å². The molecule has 0 atom stereocenters. The number of alkyl halides is 2. The molecule has 1 fully saturated rings. The Kier molecular flexibility index (Phi) is 2.30. The van der Waals surface area contributed by atoms with Crippen LogP contribution in [0.5, 0.6) is 0 Å². The highest BCUT2D eigenvalue weighted by Gasteiger charge is 2.56. The molecule has 0 aromatic heterocycles. The molecule has 1 nitrogen and oxygen atoms in total. The van der Waals surface area contributed by atoms with E-state index in [1.807, 2.05) is 31.2 Å². The maximum atomic E-state index is 12.9. The van der Waals surface area contributed by atoms with E-state index in [1.54, 1.807) is 7.05 Å². The molecule has 0 aliphatic heterocycles. The predicted molar refractivity (Wildman–Crippen MR) is 56.1 cm³/mol. The van der Waals surface area contributed by atoms with Crippen molar-refractivity contribution < 1.29 is 8.78 Å². The number of hydrogen-bond acceptors (Lipinski definition) is 1. The van der Waals surface area contributed by atoms with E-state index in [2.05, 4.69) is 5.32 Å². The highest BCUT2D eigenvalue weighted by atomic mass is 19.3. The van der Waals surface area contributed by atoms with Gasteiger partial charge in [-0.2, -0.15) is 0 Å². The predicted octanol–water partition coefficient (Wildman–Crippen LogP) is 2.84. The molecule has 15 heavy (non-hydrogen) atoms. The van der Waals surface area contributed by atoms with Gasteiger partial charge in [-0.1, -0.05) is 29.8 Å². The highest BCUT2D eigenvalue weighted by molar-refractivity contribution is 5.31. The number of halogens is 2. The smallest absolute Gasteiger partial charge is 0.252 e. The minimum Gasteiger partial charge on any atom is -0.310 e. The Morgan fingerprint density at radius 3 is 2.07 bits per heavy atom. The van der Waals surface area contributed by atoms with E-state index >= 15 is 0 Å². The summed E-state index contributed by atoms with van der Waals surface area (Å²) in [6.07, 6.45) is -0.195. The van der Waals surface area contributed by atoms with Crippen molar-refractivity contribution in [3.05, 3.63) is 35.4 Å². The fourth-order valence-electron chi connectivity index (χ4n) is 2.23. The van der Waals surface area contributed by atoms with Gasteiger partial charge in [0.05, 0.1) is 5.54 Å². The maximum absolute atomic E-state index is 12.9. The fraction of sp³-hybridized carbons (Fsp3) is 0.500. The molecule has 0 radical (unpaired) electrons. The minimum absolute atomic E-state index is 0.0977. The van der Waals surface area contributed by atoms with Crippen LogP contribution in [0, 0.1) is 6.92 Å². The monoisotopic (exact) mass is 211 g/mol. The molecule has 82 valence electrons. The number of nitrogens with one attached hydrogen (secondary N) is 1. The largest absolute Gasteiger partial charge is 0.310 e. The van der Waals surface area contributed by atoms with Crippen LogP contribution in [0.4, 0.5) is 8.78 Å². The van der Waals surface area contributed by atoms with Gasteiger partial charge < -0.3 is 5.32 Å². The molecule has 0 unspecified atom stereocenters. The first-order chi connectivity index (χ1) is 6.97. The number of aryl methyl sites for hydroxylation is 1. The zero-order valence-electron chi connectivity index (χ0n) is 8.98. The van der Waals surface area contributed by atoms with E-state index < -0.39 is 11.5 Å². The zero-order chi connectivity index (χ0) is 11.1. The Morgan fingerprint density at radius 2 is 1.67 bits per heavy atom. The van der Waals surface area contributed by atoms with Gasteiger partial charge in [0, 0.05) is 12.8 Å². The van der Waals surface area contributed by atoms with Crippen molar-refractivity contribution in [3.8, 4) is 0 Å². The van der Waals surface area contributed by atoms with Crippen LogP contribution in [0.25, 0.3) is 0 Å². The Balaban J connectivity index is 2.25. The summed E-state index contributed by atoms with van der Waals surface area (Å²) in [4.78, 5) is 0. The molecular weight excluding hydrogens is 196 g/mol. The number of rotatable bonds is 2. The second-order valence-electron chi connectivity index (χ2n) is 4.41. The van der Waals surface area contributed by atoms with Crippen LogP contribution in [-0.4, -0.2) is 13.0 Å². The lowest BCUT2D eigenvalue weighted by molar-refractivity contribution is -0.135. The molecule has 1 N–H and O–H groups in total. The van der Waals surface area contributed by atoms with E-state index in [0.717, 1.165) is 11.1 Å². The van der Waals surface area contributed by atoms with Crippen molar-refractivity contribution in [1.82, 2.24) is 5.32 Å². The van der Waals surface area contributed by atoms with Crippen molar-refractivity contribution in [1.29, 1.82) is 0 Å². The van der Waals surface area contributed by atoms with E-state index in [9.17, 15) is 8.78 Å². The number of hydrogen-bond donors (Lipinski definition) is 1. The molecule has 1 aromatic carbocycles. The Labute approximate surface area is 88.5 Å². The summed E-state index contributed by atoms with van der Waals surface area (Å²) in [6.45, 7) is 1.99. The average molecular weight is 211 g/mol. The molecule has 0 saturated heterocycles. The molecule has 0 bridgehead atoms. The number of benzene rings is 1. The Hall–Kier alpha value is -0.960. The standard InChI is InChI=1S/C12H15F2N/c1-9-3-5-10(6-4-9)11(15-2)7-12(13,14)8-11/h3-6,15H,7-8H2,1-2H3. The summed E-state index contributed by atoms with van der Waals surface area (Å²) < 4.78 is 25.9. The van der Waals surface area contributed by atoms with Crippen LogP contribution in [-0.2, 0) is 5.54 Å². The first-order valence-electron chi connectivity index (χ1n) is 5.11. The second kappa shape index (κ2) is 3.27. The molecule has 1 saturated carbocycles. The van der Waals surface area contributed by atoms with Gasteiger partial charge in [-0.25, -0.2) is 8.78 Å². The lowest BCUT2D eigenvalue weighted by atomic mass is 9.69. The van der Waals surface area contributed by atoms with E-state index in [0.29, 0.717) is 0 Å².